The normalized spacial score (nSPS) is 12.6. The van der Waals surface area contributed by atoms with Crippen LogP contribution in [0.25, 0.3) is 0 Å². The van der Waals surface area contributed by atoms with E-state index in [1.807, 2.05) is 0 Å². The van der Waals surface area contributed by atoms with Gasteiger partial charge >= 0.3 is 0 Å². The maximum absolute atomic E-state index is 2.74. The van der Waals surface area contributed by atoms with Crippen molar-refractivity contribution in [2.45, 2.75) is 144 Å². The minimum atomic E-state index is 0.227. The third-order valence-corrected chi connectivity index (χ3v) is 6.57. The minimum absolute atomic E-state index is 0.227. The molecule has 0 radical (unpaired) electrons. The summed E-state index contributed by atoms with van der Waals surface area (Å²) >= 11 is 0. The van der Waals surface area contributed by atoms with Crippen molar-refractivity contribution in [3.8, 4) is 0 Å². The Morgan fingerprint density at radius 1 is 0.613 bits per heavy atom. The first kappa shape index (κ1) is 28.2. The van der Waals surface area contributed by atoms with E-state index in [1.54, 1.807) is 0 Å². The zero-order valence-electron chi connectivity index (χ0n) is 22.1. The summed E-state index contributed by atoms with van der Waals surface area (Å²) < 4.78 is 0. The molecular weight excluding hydrogens is 374 g/mol. The summed E-state index contributed by atoms with van der Waals surface area (Å²) in [4.78, 5) is 2.74. The molecule has 180 valence electrons. The summed E-state index contributed by atoms with van der Waals surface area (Å²) in [6, 6.07) is 11.0. The van der Waals surface area contributed by atoms with Crippen molar-refractivity contribution in [3.63, 3.8) is 0 Å². The first-order valence-electron chi connectivity index (χ1n) is 13.5. The second-order valence-electron chi connectivity index (χ2n) is 11.7. The Balaban J connectivity index is 2.27. The molecule has 0 saturated heterocycles. The van der Waals surface area contributed by atoms with Gasteiger partial charge in [-0.25, -0.2) is 0 Å². The van der Waals surface area contributed by atoms with Crippen molar-refractivity contribution < 1.29 is 0 Å². The van der Waals surface area contributed by atoms with E-state index in [4.69, 9.17) is 0 Å². The molecular formula is C30H55N. The molecule has 0 aliphatic rings. The van der Waals surface area contributed by atoms with Crippen molar-refractivity contribution in [1.82, 2.24) is 4.90 Å². The van der Waals surface area contributed by atoms with Gasteiger partial charge in [0.05, 0.1) is 0 Å². The van der Waals surface area contributed by atoms with Crippen LogP contribution in [0.15, 0.2) is 30.3 Å². The van der Waals surface area contributed by atoms with Gasteiger partial charge in [-0.05, 0) is 44.2 Å². The van der Waals surface area contributed by atoms with Crippen LogP contribution in [0, 0.1) is 5.41 Å². The second kappa shape index (κ2) is 15.9. The average molecular weight is 430 g/mol. The van der Waals surface area contributed by atoms with Crippen molar-refractivity contribution in [3.05, 3.63) is 35.9 Å². The highest BCUT2D eigenvalue weighted by Gasteiger charge is 2.31. The largest absolute Gasteiger partial charge is 0.294 e. The van der Waals surface area contributed by atoms with E-state index in [9.17, 15) is 0 Å². The van der Waals surface area contributed by atoms with Crippen LogP contribution in [-0.4, -0.2) is 17.0 Å². The molecule has 0 aliphatic carbocycles. The lowest BCUT2D eigenvalue weighted by molar-refractivity contribution is 0.0676. The number of benzene rings is 1. The molecule has 1 rings (SSSR count). The van der Waals surface area contributed by atoms with Gasteiger partial charge in [0, 0.05) is 12.1 Å². The fourth-order valence-electron chi connectivity index (χ4n) is 5.13. The molecule has 0 N–H and O–H groups in total. The first-order valence-corrected chi connectivity index (χ1v) is 13.5. The molecule has 1 aromatic carbocycles. The summed E-state index contributed by atoms with van der Waals surface area (Å²) in [5.41, 5.74) is 2.03. The van der Waals surface area contributed by atoms with E-state index in [2.05, 4.69) is 76.8 Å². The smallest absolute Gasteiger partial charge is 0.0239 e. The van der Waals surface area contributed by atoms with Crippen molar-refractivity contribution in [2.75, 3.05) is 6.54 Å². The molecule has 0 spiro atoms. The first-order chi connectivity index (χ1) is 14.7. The quantitative estimate of drug-likeness (QED) is 0.210. The molecule has 1 nitrogen and oxygen atoms in total. The molecule has 0 fully saturated rings. The molecule has 0 aromatic heterocycles. The van der Waals surface area contributed by atoms with Crippen LogP contribution in [0.5, 0.6) is 0 Å². The summed E-state index contributed by atoms with van der Waals surface area (Å²) in [5, 5.41) is 0. The van der Waals surface area contributed by atoms with Gasteiger partial charge in [-0.3, -0.25) is 4.90 Å². The molecule has 1 aromatic rings. The zero-order chi connectivity index (χ0) is 23.0. The molecule has 0 amide bonds. The van der Waals surface area contributed by atoms with Gasteiger partial charge in [0.15, 0.2) is 0 Å². The highest BCUT2D eigenvalue weighted by Crippen LogP contribution is 2.32. The van der Waals surface area contributed by atoms with Crippen molar-refractivity contribution in [1.29, 1.82) is 0 Å². The number of hydrogen-bond acceptors (Lipinski definition) is 1. The number of unbranched alkanes of at least 4 members (excludes halogenated alkanes) is 12. The Morgan fingerprint density at radius 2 is 1.06 bits per heavy atom. The van der Waals surface area contributed by atoms with Gasteiger partial charge in [-0.1, -0.05) is 135 Å². The molecule has 0 saturated carbocycles. The minimum Gasteiger partial charge on any atom is -0.294 e. The van der Waals surface area contributed by atoms with Crippen LogP contribution in [0.3, 0.4) is 0 Å². The van der Waals surface area contributed by atoms with Crippen LogP contribution < -0.4 is 0 Å². The monoisotopic (exact) mass is 429 g/mol. The lowest BCUT2D eigenvalue weighted by Gasteiger charge is -2.42. The maximum atomic E-state index is 2.74. The molecule has 0 aliphatic heterocycles. The average Bonchev–Trinajstić information content (AvgIpc) is 2.69. The van der Waals surface area contributed by atoms with Crippen molar-refractivity contribution >= 4 is 0 Å². The van der Waals surface area contributed by atoms with Gasteiger partial charge in [0.2, 0.25) is 0 Å². The Kier molecular flexibility index (Phi) is 14.5. The summed E-state index contributed by atoms with van der Waals surface area (Å²) in [7, 11) is 0. The molecule has 0 unspecified atom stereocenters. The van der Waals surface area contributed by atoms with E-state index in [0.29, 0.717) is 5.41 Å². The molecule has 0 atom stereocenters. The Hall–Kier alpha value is -0.820. The van der Waals surface area contributed by atoms with Gasteiger partial charge in [0.25, 0.3) is 0 Å². The Morgan fingerprint density at radius 3 is 1.52 bits per heavy atom. The van der Waals surface area contributed by atoms with Crippen LogP contribution in [-0.2, 0) is 6.54 Å². The fraction of sp³-hybridized carbons (Fsp3) is 0.800. The van der Waals surface area contributed by atoms with E-state index in [-0.39, 0.29) is 5.54 Å². The predicted molar refractivity (Wildman–Crippen MR) is 141 cm³/mol. The van der Waals surface area contributed by atoms with Crippen molar-refractivity contribution in [2.24, 2.45) is 5.41 Å². The maximum Gasteiger partial charge on any atom is 0.0239 e. The van der Waals surface area contributed by atoms with E-state index < -0.39 is 0 Å². The molecule has 0 heterocycles. The molecule has 31 heavy (non-hydrogen) atoms. The number of rotatable bonds is 18. The highest BCUT2D eigenvalue weighted by atomic mass is 15.2. The van der Waals surface area contributed by atoms with E-state index in [0.717, 1.165) is 6.54 Å². The Bertz CT molecular complexity index is 525. The Labute approximate surface area is 196 Å². The zero-order valence-corrected chi connectivity index (χ0v) is 22.1. The standard InChI is InChI=1S/C30H55N/c1-7-8-9-10-11-12-13-14-15-16-17-18-22-25-31(26-28-23-20-19-21-24-28)30(5,6)27-29(2,3)4/h19-21,23-24H,7-18,22,25-27H2,1-6H3. The summed E-state index contributed by atoms with van der Waals surface area (Å²) in [6.45, 7) is 16.6. The number of hydrogen-bond donors (Lipinski definition) is 0. The summed E-state index contributed by atoms with van der Waals surface area (Å²) in [6.07, 6.45) is 19.7. The van der Waals surface area contributed by atoms with Gasteiger partial charge in [0.1, 0.15) is 0 Å². The van der Waals surface area contributed by atoms with Gasteiger partial charge in [-0.2, -0.15) is 0 Å². The van der Waals surface area contributed by atoms with E-state index >= 15 is 0 Å². The fourth-order valence-corrected chi connectivity index (χ4v) is 5.13. The highest BCUT2D eigenvalue weighted by molar-refractivity contribution is 5.15. The third-order valence-electron chi connectivity index (χ3n) is 6.57. The second-order valence-corrected chi connectivity index (χ2v) is 11.7. The van der Waals surface area contributed by atoms with Crippen LogP contribution in [0.4, 0.5) is 0 Å². The van der Waals surface area contributed by atoms with E-state index in [1.165, 1.54) is 102 Å². The SMILES string of the molecule is CCCCCCCCCCCCCCCN(Cc1ccccc1)C(C)(C)CC(C)(C)C. The lowest BCUT2D eigenvalue weighted by atomic mass is 9.80. The van der Waals surface area contributed by atoms with Gasteiger partial charge < -0.3 is 0 Å². The van der Waals surface area contributed by atoms with Crippen LogP contribution in [0.2, 0.25) is 0 Å². The molecule has 1 heteroatoms. The molecule has 0 bridgehead atoms. The number of nitrogens with zero attached hydrogens (tertiary/aromatic N) is 1. The topological polar surface area (TPSA) is 3.24 Å². The lowest BCUT2D eigenvalue weighted by Crippen LogP contribution is -2.46. The van der Waals surface area contributed by atoms with Crippen LogP contribution in [0.1, 0.15) is 137 Å². The summed E-state index contributed by atoms with van der Waals surface area (Å²) in [5.74, 6) is 0. The van der Waals surface area contributed by atoms with Crippen LogP contribution >= 0.6 is 0 Å². The third kappa shape index (κ3) is 14.8. The van der Waals surface area contributed by atoms with Gasteiger partial charge in [-0.15, -0.1) is 0 Å². The predicted octanol–water partition coefficient (Wildman–Crippen LogP) is 9.79.